The average molecular weight is 1850 g/mol. The number of carboxylic acid groups (broad SMARTS) is 1. The van der Waals surface area contributed by atoms with Gasteiger partial charge in [0.05, 0.1) is 105 Å². The van der Waals surface area contributed by atoms with Gasteiger partial charge in [0, 0.05) is 115 Å². The number of hydrogen-bond donors (Lipinski definition) is 4. The molecule has 0 unspecified atom stereocenters. The van der Waals surface area contributed by atoms with Crippen LogP contribution in [0.4, 0.5) is 35.1 Å². The van der Waals surface area contributed by atoms with Crippen molar-refractivity contribution in [1.29, 1.82) is 0 Å². The molecule has 0 spiro atoms. The fourth-order valence-electron chi connectivity index (χ4n) is 12.2. The fraction of sp³-hybridized carbons (Fsp3) is 0.415. The zero-order valence-corrected chi connectivity index (χ0v) is 77.8. The summed E-state index contributed by atoms with van der Waals surface area (Å²) >= 11 is 0. The molecule has 37 heteroatoms. The highest BCUT2D eigenvalue weighted by atomic mass is 19.3. The number of ether oxygens (including phenoxy) is 14. The second-order valence-corrected chi connectivity index (χ2v) is 31.1. The monoisotopic (exact) mass is 1840 g/mol. The van der Waals surface area contributed by atoms with E-state index in [4.69, 9.17) is 62.9 Å². The van der Waals surface area contributed by atoms with Crippen LogP contribution in [0.2, 0.25) is 0 Å². The summed E-state index contributed by atoms with van der Waals surface area (Å²) < 4.78 is 178. The van der Waals surface area contributed by atoms with Gasteiger partial charge in [-0.15, -0.1) is 0 Å². The lowest BCUT2D eigenvalue weighted by Crippen LogP contribution is -2.32. The first kappa shape index (κ1) is 108. The number of nitrogens with two attached hydrogens (primary N) is 1. The highest BCUT2D eigenvalue weighted by molar-refractivity contribution is 5.93. The van der Waals surface area contributed by atoms with Crippen molar-refractivity contribution in [3.8, 4) is 80.5 Å². The van der Waals surface area contributed by atoms with Crippen LogP contribution in [0.1, 0.15) is 182 Å². The maximum atomic E-state index is 14.0. The van der Waals surface area contributed by atoms with Crippen LogP contribution in [0.15, 0.2) is 146 Å². The molecule has 0 saturated carbocycles. The third-order valence-electron chi connectivity index (χ3n) is 18.7. The van der Waals surface area contributed by atoms with Crippen molar-refractivity contribution in [1.82, 2.24) is 44.9 Å². The molecule has 7 aromatic carbocycles. The first-order chi connectivity index (χ1) is 62.0. The molecule has 29 nitrogen and oxygen atoms in total. The summed E-state index contributed by atoms with van der Waals surface area (Å²) in [6, 6.07) is 40.6. The SMILES string of the molecule is CCOc1cccc(C=O)c1OC(F)F.CCOc1cccc(CN(Cc2ccc(OC)cc2OC)C(=O)c2cc(C(C)(C)C)nn2C)c1OC(F)F.CCOc1cccc(CNC(=O)c2cc(C(C)(C)C)nn2C)c1OC(F)F.CCOc1cccc(CNCc2ccc(OC)cc2OC)c1OC(F)F.COc1ccc(CN)c(OC)c1.Cn1nc(C(C)(C)C)cc1C(=O)O. The number of aromatic carboxylic acids is 1. The number of halogens is 8. The summed E-state index contributed by atoms with van der Waals surface area (Å²) in [5.74, 6) is 2.91. The van der Waals surface area contributed by atoms with Crippen LogP contribution in [-0.4, -0.2) is 159 Å². The highest BCUT2D eigenvalue weighted by Gasteiger charge is 2.30. The van der Waals surface area contributed by atoms with Crippen molar-refractivity contribution in [2.75, 3.05) is 69.1 Å². The van der Waals surface area contributed by atoms with E-state index in [1.54, 1.807) is 181 Å². The van der Waals surface area contributed by atoms with E-state index in [0.717, 1.165) is 39.7 Å². The number of rotatable bonds is 37. The van der Waals surface area contributed by atoms with Crippen LogP contribution >= 0.6 is 0 Å². The minimum Gasteiger partial charge on any atom is -0.497 e. The fourth-order valence-corrected chi connectivity index (χ4v) is 12.2. The Morgan fingerprint density at radius 2 is 0.740 bits per heavy atom. The maximum absolute atomic E-state index is 14.0. The Morgan fingerprint density at radius 3 is 1.11 bits per heavy atom. The number of aldehydes is 1. The van der Waals surface area contributed by atoms with Gasteiger partial charge >= 0.3 is 32.4 Å². The second kappa shape index (κ2) is 52.5. The molecule has 2 amide bonds. The lowest BCUT2D eigenvalue weighted by atomic mass is 9.92. The Labute approximate surface area is 758 Å². The molecule has 0 fully saturated rings. The molecule has 716 valence electrons. The van der Waals surface area contributed by atoms with Gasteiger partial charge in [0.1, 0.15) is 51.6 Å². The van der Waals surface area contributed by atoms with E-state index in [-0.39, 0.29) is 106 Å². The van der Waals surface area contributed by atoms with Gasteiger partial charge in [-0.05, 0) is 100 Å². The molecule has 131 heavy (non-hydrogen) atoms. The quantitative estimate of drug-likeness (QED) is 0.0208. The van der Waals surface area contributed by atoms with E-state index in [2.05, 4.69) is 40.1 Å². The minimum absolute atomic E-state index is 0.0117. The number of carboxylic acids is 1. The van der Waals surface area contributed by atoms with Crippen LogP contribution in [0.3, 0.4) is 0 Å². The molecule has 0 atom stereocenters. The Hall–Kier alpha value is -13.2. The summed E-state index contributed by atoms with van der Waals surface area (Å²) in [7, 11) is 14.5. The van der Waals surface area contributed by atoms with Crippen LogP contribution < -0.4 is 82.7 Å². The third kappa shape index (κ3) is 33.4. The van der Waals surface area contributed by atoms with Gasteiger partial charge in [0.2, 0.25) is 0 Å². The molecule has 3 aromatic heterocycles. The Balaban J connectivity index is 0.000000292. The molecular formula is C94H120F8N10O19. The molecule has 0 aliphatic rings. The number of benzene rings is 7. The zero-order valence-electron chi connectivity index (χ0n) is 77.8. The van der Waals surface area contributed by atoms with E-state index < -0.39 is 32.4 Å². The van der Waals surface area contributed by atoms with Crippen LogP contribution in [0.25, 0.3) is 0 Å². The number of alkyl halides is 8. The molecule has 10 rings (SSSR count). The van der Waals surface area contributed by atoms with Crippen LogP contribution in [0.5, 0.6) is 80.5 Å². The van der Waals surface area contributed by atoms with Gasteiger partial charge in [-0.25, -0.2) is 4.79 Å². The molecule has 0 saturated heterocycles. The topological polar surface area (TPSA) is 325 Å². The summed E-state index contributed by atoms with van der Waals surface area (Å²) in [6.07, 6.45) is 0.445. The molecule has 0 radical (unpaired) electrons. The summed E-state index contributed by atoms with van der Waals surface area (Å²) in [4.78, 5) is 49.3. The molecule has 0 aliphatic carbocycles. The number of aryl methyl sites for hydroxylation is 3. The predicted molar refractivity (Wildman–Crippen MR) is 477 cm³/mol. The van der Waals surface area contributed by atoms with Gasteiger partial charge in [-0.1, -0.05) is 117 Å². The number of carbonyl (C=O) groups excluding carboxylic acids is 3. The lowest BCUT2D eigenvalue weighted by Gasteiger charge is -2.25. The number of hydrogen-bond acceptors (Lipinski definition) is 23. The zero-order chi connectivity index (χ0) is 97.6. The van der Waals surface area contributed by atoms with Crippen molar-refractivity contribution in [3.63, 3.8) is 0 Å². The largest absolute Gasteiger partial charge is 0.497 e. The smallest absolute Gasteiger partial charge is 0.387 e. The van der Waals surface area contributed by atoms with E-state index in [1.165, 1.54) is 44.3 Å². The average Bonchev–Trinajstić information content (AvgIpc) is 1.72. The maximum Gasteiger partial charge on any atom is 0.387 e. The summed E-state index contributed by atoms with van der Waals surface area (Å²) in [5.41, 5.74) is 12.2. The molecule has 10 aromatic rings. The normalized spacial score (nSPS) is 11.0. The number of carbonyl (C=O) groups is 4. The van der Waals surface area contributed by atoms with Gasteiger partial charge in [0.25, 0.3) is 11.8 Å². The Morgan fingerprint density at radius 1 is 0.412 bits per heavy atom. The van der Waals surface area contributed by atoms with Crippen molar-refractivity contribution in [3.05, 3.63) is 219 Å². The highest BCUT2D eigenvalue weighted by Crippen LogP contribution is 2.39. The molecule has 5 N–H and O–H groups in total. The van der Waals surface area contributed by atoms with E-state index >= 15 is 0 Å². The van der Waals surface area contributed by atoms with E-state index in [0.29, 0.717) is 108 Å². The predicted octanol–water partition coefficient (Wildman–Crippen LogP) is 18.3. The van der Waals surface area contributed by atoms with Crippen molar-refractivity contribution < 1.29 is 126 Å². The summed E-state index contributed by atoms with van der Waals surface area (Å²) in [6.45, 7) is 15.7. The first-order valence-electron chi connectivity index (χ1n) is 41.2. The van der Waals surface area contributed by atoms with E-state index in [1.807, 2.05) is 92.6 Å². The number of nitrogens with one attached hydrogen (secondary N) is 2. The van der Waals surface area contributed by atoms with Gasteiger partial charge in [-0.2, -0.15) is 50.4 Å². The molecule has 3 heterocycles. The van der Waals surface area contributed by atoms with Crippen LogP contribution in [-0.2, 0) is 76.7 Å². The third-order valence-corrected chi connectivity index (χ3v) is 18.7. The number of amides is 2. The summed E-state index contributed by atoms with van der Waals surface area (Å²) in [5, 5.41) is 27.8. The minimum atomic E-state index is -3.06. The van der Waals surface area contributed by atoms with Crippen molar-refractivity contribution in [2.45, 2.75) is 172 Å². The molecule has 0 bridgehead atoms. The van der Waals surface area contributed by atoms with Gasteiger partial charge in [-0.3, -0.25) is 28.4 Å². The van der Waals surface area contributed by atoms with Crippen LogP contribution in [0, 0.1) is 0 Å². The number of methoxy groups -OCH3 is 6. The number of nitrogens with zero attached hydrogens (tertiary/aromatic N) is 7. The number of aromatic nitrogens is 6. The van der Waals surface area contributed by atoms with Gasteiger partial charge in [0.15, 0.2) is 52.3 Å². The molecular weight excluding hydrogens is 1730 g/mol. The van der Waals surface area contributed by atoms with E-state index in [9.17, 15) is 54.3 Å². The second-order valence-electron chi connectivity index (χ2n) is 31.1. The Kier molecular flexibility index (Phi) is 43.4. The standard InChI is InChI=1S/C28H35F2N3O5.C19H25F2N3O3.C19H23F2NO4.C10H10F2O3.C9H14N2O2.C9H13NO2/c1-8-37-22-11-9-10-19(25(22)38-27(29)30)17-33(16-18-12-13-20(35-6)14-23(18)36-7)26(34)21-15-24(28(2,3)4)31-32(21)5;1-6-26-14-9-7-8-12(16(14)27-18(20)21)11-22-17(25)13-10-15(19(2,3)4)23-24(13)5;1-4-25-16-7-5-6-14(18(16)26-19(20)21)12-22-11-13-8-9-15(23-2)10-17(13)24-3;1-2-14-8-5-3-4-7(6-13)9(8)15-10(11)12;1-9(2,3)7-5-6(8(12)13)11(4)10-7;1-11-8-4-3-7(6-10)9(5-8)12-2/h9-15,27H,8,16-17H2,1-7H3;7-10,18H,6,11H2,1-5H3,(H,22,25);5-10,19,22H,4,11-12H2,1-3H3;3-6,10H,2H2,1H3;5H,1-4H3,(H,12,13);3-5H,6,10H2,1-2H3. The van der Waals surface area contributed by atoms with Gasteiger partial charge < -0.3 is 92.7 Å². The van der Waals surface area contributed by atoms with Crippen molar-refractivity contribution in [2.24, 2.45) is 26.9 Å². The number of para-hydroxylation sites is 4. The molecule has 0 aliphatic heterocycles. The van der Waals surface area contributed by atoms with Crippen molar-refractivity contribution >= 4 is 24.1 Å². The first-order valence-corrected chi connectivity index (χ1v) is 41.2. The lowest BCUT2D eigenvalue weighted by molar-refractivity contribution is -0.0528. The Bertz CT molecular complexity index is 5260.